The molecule has 0 saturated heterocycles. The molecule has 1 aromatic carbocycles. The van der Waals surface area contributed by atoms with Gasteiger partial charge in [-0.3, -0.25) is 4.79 Å². The van der Waals surface area contributed by atoms with Crippen molar-refractivity contribution in [2.75, 3.05) is 33.9 Å². The molecule has 0 aliphatic carbocycles. The highest BCUT2D eigenvalue weighted by molar-refractivity contribution is 5.91. The van der Waals surface area contributed by atoms with Crippen molar-refractivity contribution in [2.24, 2.45) is 0 Å². The van der Waals surface area contributed by atoms with Crippen LogP contribution < -0.4 is 4.74 Å². The first kappa shape index (κ1) is 28.0. The lowest BCUT2D eigenvalue weighted by Crippen LogP contribution is -2.15. The molecule has 3 rings (SSSR count). The molecule has 192 valence electrons. The lowest BCUT2D eigenvalue weighted by atomic mass is 10.1. The molecule has 0 unspecified atom stereocenters. The van der Waals surface area contributed by atoms with Gasteiger partial charge in [-0.15, -0.1) is 0 Å². The summed E-state index contributed by atoms with van der Waals surface area (Å²) in [7, 11) is 4.11. The average Bonchev–Trinajstić information content (AvgIpc) is 3.20. The Balaban J connectivity index is 0.000000493. The highest BCUT2D eigenvalue weighted by Gasteiger charge is 2.13. The summed E-state index contributed by atoms with van der Waals surface area (Å²) in [5, 5.41) is 21.3. The minimum atomic E-state index is -1.26. The molecule has 0 amide bonds. The summed E-state index contributed by atoms with van der Waals surface area (Å²) < 4.78 is 12.6. The number of fused-ring (bicyclic) bond motifs is 1. The fourth-order valence-electron chi connectivity index (χ4n) is 3.08. The second-order valence-corrected chi connectivity index (χ2v) is 7.83. The summed E-state index contributed by atoms with van der Waals surface area (Å²) in [6.07, 6.45) is 3.84. The predicted octanol–water partition coefficient (Wildman–Crippen LogP) is 2.70. The van der Waals surface area contributed by atoms with Gasteiger partial charge in [0.1, 0.15) is 18.1 Å². The molecule has 0 fully saturated rings. The van der Waals surface area contributed by atoms with Gasteiger partial charge in [-0.2, -0.15) is 5.10 Å². The lowest BCUT2D eigenvalue weighted by Gasteiger charge is -2.10. The van der Waals surface area contributed by atoms with E-state index in [1.165, 1.54) is 6.92 Å². The van der Waals surface area contributed by atoms with Crippen LogP contribution in [0.4, 0.5) is 0 Å². The Labute approximate surface area is 208 Å². The van der Waals surface area contributed by atoms with E-state index in [9.17, 15) is 14.4 Å². The first-order chi connectivity index (χ1) is 17.2. The van der Waals surface area contributed by atoms with Crippen molar-refractivity contribution in [3.8, 4) is 17.0 Å². The third-order valence-electron chi connectivity index (χ3n) is 4.63. The van der Waals surface area contributed by atoms with Crippen LogP contribution in [0.1, 0.15) is 13.3 Å². The standard InChI is InChI=1S/C21H26N4O3.C4H4O4/c1-16(26)27-15-13-25-21-19(6-4-11-22-21)20(23-25)17-7-9-18(10-8-17)28-14-5-12-24(2)3;5-3(6)1-2-4(7)8/h4,6-11H,5,12-15H2,1-3H3;1-2H,(H,5,6)(H,7,8)/b;2-1+. The molecule has 0 spiro atoms. The molecule has 11 heteroatoms. The van der Waals surface area contributed by atoms with Gasteiger partial charge in [0.2, 0.25) is 0 Å². The molecule has 0 atom stereocenters. The van der Waals surface area contributed by atoms with Gasteiger partial charge in [0.15, 0.2) is 5.65 Å². The van der Waals surface area contributed by atoms with E-state index in [1.807, 2.05) is 36.4 Å². The van der Waals surface area contributed by atoms with E-state index >= 15 is 0 Å². The van der Waals surface area contributed by atoms with Crippen LogP contribution in [0.3, 0.4) is 0 Å². The summed E-state index contributed by atoms with van der Waals surface area (Å²) in [5.41, 5.74) is 2.61. The largest absolute Gasteiger partial charge is 0.494 e. The number of hydrogen-bond acceptors (Lipinski definition) is 8. The minimum absolute atomic E-state index is 0.266. The van der Waals surface area contributed by atoms with Crippen molar-refractivity contribution in [3.05, 3.63) is 54.7 Å². The monoisotopic (exact) mass is 498 g/mol. The van der Waals surface area contributed by atoms with Gasteiger partial charge < -0.3 is 24.6 Å². The molecule has 2 aromatic heterocycles. The maximum absolute atomic E-state index is 11.0. The van der Waals surface area contributed by atoms with Crippen molar-refractivity contribution in [1.82, 2.24) is 19.7 Å². The summed E-state index contributed by atoms with van der Waals surface area (Å²) >= 11 is 0. The summed E-state index contributed by atoms with van der Waals surface area (Å²) in [6, 6.07) is 11.8. The number of benzene rings is 1. The molecule has 0 aliphatic heterocycles. The van der Waals surface area contributed by atoms with Crippen LogP contribution in [0.25, 0.3) is 22.3 Å². The Hall–Kier alpha value is -4.25. The second kappa shape index (κ2) is 14.2. The molecule has 0 radical (unpaired) electrons. The summed E-state index contributed by atoms with van der Waals surface area (Å²) in [6.45, 7) is 3.81. The molecule has 0 aliphatic rings. The Morgan fingerprint density at radius 1 is 1.03 bits per heavy atom. The van der Waals surface area contributed by atoms with Gasteiger partial charge in [-0.05, 0) is 56.9 Å². The minimum Gasteiger partial charge on any atom is -0.494 e. The van der Waals surface area contributed by atoms with E-state index in [-0.39, 0.29) is 12.6 Å². The van der Waals surface area contributed by atoms with Gasteiger partial charge in [-0.25, -0.2) is 19.3 Å². The van der Waals surface area contributed by atoms with Gasteiger partial charge >= 0.3 is 17.9 Å². The van der Waals surface area contributed by atoms with Gasteiger partial charge in [0.25, 0.3) is 0 Å². The van der Waals surface area contributed by atoms with E-state index in [1.54, 1.807) is 10.9 Å². The van der Waals surface area contributed by atoms with Crippen LogP contribution in [0.5, 0.6) is 5.75 Å². The number of aromatic nitrogens is 3. The Morgan fingerprint density at radius 2 is 1.69 bits per heavy atom. The van der Waals surface area contributed by atoms with E-state index < -0.39 is 11.9 Å². The highest BCUT2D eigenvalue weighted by Crippen LogP contribution is 2.28. The van der Waals surface area contributed by atoms with Crippen molar-refractivity contribution in [3.63, 3.8) is 0 Å². The zero-order chi connectivity index (χ0) is 26.5. The normalized spacial score (nSPS) is 10.8. The van der Waals surface area contributed by atoms with Crippen molar-refractivity contribution in [1.29, 1.82) is 0 Å². The summed E-state index contributed by atoms with van der Waals surface area (Å²) in [5.74, 6) is -1.97. The number of aliphatic carboxylic acids is 2. The fourth-order valence-corrected chi connectivity index (χ4v) is 3.08. The molecule has 0 bridgehead atoms. The first-order valence-electron chi connectivity index (χ1n) is 11.1. The van der Waals surface area contributed by atoms with E-state index in [0.717, 1.165) is 41.0 Å². The van der Waals surface area contributed by atoms with Crippen molar-refractivity contribution >= 4 is 28.9 Å². The number of carboxylic acids is 2. The van der Waals surface area contributed by atoms with Crippen LogP contribution in [-0.2, 0) is 25.7 Å². The third kappa shape index (κ3) is 9.55. The summed E-state index contributed by atoms with van der Waals surface area (Å²) in [4.78, 5) is 36.7. The molecule has 2 heterocycles. The van der Waals surface area contributed by atoms with Gasteiger partial charge in [0.05, 0.1) is 13.2 Å². The highest BCUT2D eigenvalue weighted by atomic mass is 16.5. The topological polar surface area (TPSA) is 144 Å². The SMILES string of the molecule is CC(=O)OCCn1nc(-c2ccc(OCCCN(C)C)cc2)c2cccnc21.O=C(O)/C=C/C(=O)O. The number of rotatable bonds is 11. The van der Waals surface area contributed by atoms with Crippen LogP contribution in [0.15, 0.2) is 54.7 Å². The fraction of sp³-hybridized carbons (Fsp3) is 0.320. The Bertz CT molecular complexity index is 1170. The number of carboxylic acid groups (broad SMARTS) is 2. The zero-order valence-electron chi connectivity index (χ0n) is 20.5. The van der Waals surface area contributed by atoms with Crippen molar-refractivity contribution in [2.45, 2.75) is 19.9 Å². The number of ether oxygens (including phenoxy) is 2. The van der Waals surface area contributed by atoms with Crippen LogP contribution >= 0.6 is 0 Å². The van der Waals surface area contributed by atoms with Crippen LogP contribution in [-0.4, -0.2) is 81.6 Å². The van der Waals surface area contributed by atoms with E-state index in [2.05, 4.69) is 24.0 Å². The van der Waals surface area contributed by atoms with Crippen LogP contribution in [0, 0.1) is 0 Å². The number of pyridine rings is 1. The maximum atomic E-state index is 11.0. The molecule has 36 heavy (non-hydrogen) atoms. The molecular formula is C25H30N4O7. The Morgan fingerprint density at radius 3 is 2.28 bits per heavy atom. The molecule has 2 N–H and O–H groups in total. The molecule has 0 saturated carbocycles. The smallest absolute Gasteiger partial charge is 0.328 e. The second-order valence-electron chi connectivity index (χ2n) is 7.83. The molecule has 11 nitrogen and oxygen atoms in total. The third-order valence-corrected chi connectivity index (χ3v) is 4.63. The number of carbonyl (C=O) groups excluding carboxylic acids is 1. The average molecular weight is 499 g/mol. The maximum Gasteiger partial charge on any atom is 0.328 e. The lowest BCUT2D eigenvalue weighted by molar-refractivity contribution is -0.141. The number of esters is 1. The van der Waals surface area contributed by atoms with Crippen LogP contribution in [0.2, 0.25) is 0 Å². The predicted molar refractivity (Wildman–Crippen MR) is 133 cm³/mol. The molecule has 3 aromatic rings. The van der Waals surface area contributed by atoms with Crippen molar-refractivity contribution < 1.29 is 34.1 Å². The molecular weight excluding hydrogens is 468 g/mol. The van der Waals surface area contributed by atoms with Gasteiger partial charge in [-0.1, -0.05) is 0 Å². The Kier molecular flexibility index (Phi) is 11.1. The van der Waals surface area contributed by atoms with Gasteiger partial charge in [0, 0.05) is 42.8 Å². The number of hydrogen-bond donors (Lipinski definition) is 2. The van der Waals surface area contributed by atoms with E-state index in [4.69, 9.17) is 24.8 Å². The first-order valence-corrected chi connectivity index (χ1v) is 11.1. The number of nitrogens with zero attached hydrogens (tertiary/aromatic N) is 4. The number of carbonyl (C=O) groups is 3. The van der Waals surface area contributed by atoms with E-state index in [0.29, 0.717) is 25.3 Å². The zero-order valence-corrected chi connectivity index (χ0v) is 20.5. The quantitative estimate of drug-likeness (QED) is 0.230.